The van der Waals surface area contributed by atoms with E-state index in [-0.39, 0.29) is 4.90 Å². The van der Waals surface area contributed by atoms with Crippen LogP contribution in [0.5, 0.6) is 0 Å². The third kappa shape index (κ3) is 4.94. The molecular weight excluding hydrogens is 272 g/mol. The molecule has 1 rings (SSSR count). The minimum Gasteiger partial charge on any atom is -0.330 e. The second-order valence-electron chi connectivity index (χ2n) is 3.98. The van der Waals surface area contributed by atoms with Crippen molar-refractivity contribution in [2.45, 2.75) is 24.2 Å². The molecule has 0 saturated carbocycles. The predicted octanol–water partition coefficient (Wildman–Crippen LogP) is 1.49. The molecule has 0 saturated heterocycles. The number of nitrogens with one attached hydrogen (secondary N) is 1. The molecule has 18 heavy (non-hydrogen) atoms. The van der Waals surface area contributed by atoms with Gasteiger partial charge >= 0.3 is 0 Å². The Labute approximate surface area is 114 Å². The van der Waals surface area contributed by atoms with Gasteiger partial charge in [0.2, 0.25) is 10.0 Å². The largest absolute Gasteiger partial charge is 0.330 e. The van der Waals surface area contributed by atoms with Crippen LogP contribution in [0.15, 0.2) is 29.2 Å². The van der Waals surface area contributed by atoms with Crippen LogP contribution in [-0.4, -0.2) is 27.4 Å². The van der Waals surface area contributed by atoms with E-state index in [2.05, 4.69) is 4.72 Å². The van der Waals surface area contributed by atoms with Crippen molar-refractivity contribution >= 4 is 21.6 Å². The van der Waals surface area contributed by atoms with E-state index < -0.39 is 10.0 Å². The van der Waals surface area contributed by atoms with Crippen LogP contribution in [0.25, 0.3) is 0 Å². The van der Waals surface area contributed by atoms with Gasteiger partial charge in [-0.15, -0.1) is 11.6 Å². The van der Waals surface area contributed by atoms with Crippen molar-refractivity contribution in [3.8, 4) is 0 Å². The fourth-order valence-corrected chi connectivity index (χ4v) is 2.80. The van der Waals surface area contributed by atoms with Crippen LogP contribution >= 0.6 is 11.6 Å². The lowest BCUT2D eigenvalue weighted by atomic mass is 10.2. The molecular formula is C12H19ClN2O2S. The summed E-state index contributed by atoms with van der Waals surface area (Å²) in [7, 11) is -3.40. The van der Waals surface area contributed by atoms with Crippen LogP contribution < -0.4 is 10.5 Å². The molecule has 0 amide bonds. The van der Waals surface area contributed by atoms with E-state index in [1.54, 1.807) is 24.3 Å². The average molecular weight is 291 g/mol. The van der Waals surface area contributed by atoms with Crippen molar-refractivity contribution in [1.29, 1.82) is 0 Å². The summed E-state index contributed by atoms with van der Waals surface area (Å²) in [5.41, 5.74) is 6.38. The summed E-state index contributed by atoms with van der Waals surface area (Å²) < 4.78 is 26.3. The molecule has 0 aliphatic rings. The van der Waals surface area contributed by atoms with Crippen LogP contribution in [0.4, 0.5) is 0 Å². The Morgan fingerprint density at radius 2 is 1.83 bits per heavy atom. The third-order valence-corrected chi connectivity index (χ3v) is 4.21. The number of benzene rings is 1. The Morgan fingerprint density at radius 1 is 1.17 bits per heavy atom. The highest BCUT2D eigenvalue weighted by Gasteiger charge is 2.12. The highest BCUT2D eigenvalue weighted by atomic mass is 35.5. The fraction of sp³-hybridized carbons (Fsp3) is 0.500. The molecule has 6 heteroatoms. The quantitative estimate of drug-likeness (QED) is 0.563. The van der Waals surface area contributed by atoms with Crippen molar-refractivity contribution in [2.24, 2.45) is 5.73 Å². The Balaban J connectivity index is 2.61. The molecule has 1 aromatic carbocycles. The lowest BCUT2D eigenvalue weighted by Gasteiger charge is -2.07. The minimum atomic E-state index is -3.40. The van der Waals surface area contributed by atoms with Crippen LogP contribution in [0.2, 0.25) is 0 Å². The highest BCUT2D eigenvalue weighted by Crippen LogP contribution is 2.11. The Hall–Kier alpha value is -0.620. The zero-order valence-corrected chi connectivity index (χ0v) is 11.8. The topological polar surface area (TPSA) is 72.2 Å². The highest BCUT2D eigenvalue weighted by molar-refractivity contribution is 7.89. The number of halogens is 1. The maximum atomic E-state index is 11.9. The predicted molar refractivity (Wildman–Crippen MR) is 74.3 cm³/mol. The van der Waals surface area contributed by atoms with Gasteiger partial charge in [0.25, 0.3) is 0 Å². The van der Waals surface area contributed by atoms with Crippen LogP contribution in [0.3, 0.4) is 0 Å². The van der Waals surface area contributed by atoms with Gasteiger partial charge in [0.1, 0.15) is 0 Å². The van der Waals surface area contributed by atoms with E-state index in [0.717, 1.165) is 24.8 Å². The second kappa shape index (κ2) is 7.74. The molecule has 0 fully saturated rings. The standard InChI is InChI=1S/C12H19ClN2O2S/c13-8-7-11-3-5-12(6-4-11)18(16,17)15-10-2-1-9-14/h3-6,15H,1-2,7-10,14H2. The monoisotopic (exact) mass is 290 g/mol. The molecule has 0 atom stereocenters. The van der Waals surface area contributed by atoms with Crippen LogP contribution in [0, 0.1) is 0 Å². The summed E-state index contributed by atoms with van der Waals surface area (Å²) in [5, 5.41) is 0. The molecule has 0 bridgehead atoms. The Bertz CT molecular complexity index is 446. The first kappa shape index (κ1) is 15.4. The molecule has 0 aliphatic heterocycles. The first-order chi connectivity index (χ1) is 8.60. The maximum absolute atomic E-state index is 11.9. The van der Waals surface area contributed by atoms with Crippen LogP contribution in [-0.2, 0) is 16.4 Å². The van der Waals surface area contributed by atoms with Crippen molar-refractivity contribution in [1.82, 2.24) is 4.72 Å². The fourth-order valence-electron chi connectivity index (χ4n) is 1.50. The number of hydrogen-bond donors (Lipinski definition) is 2. The van der Waals surface area contributed by atoms with Crippen molar-refractivity contribution in [2.75, 3.05) is 19.0 Å². The van der Waals surface area contributed by atoms with E-state index in [1.165, 1.54) is 0 Å². The first-order valence-electron chi connectivity index (χ1n) is 5.95. The van der Waals surface area contributed by atoms with Gasteiger partial charge in [-0.3, -0.25) is 0 Å². The number of sulfonamides is 1. The van der Waals surface area contributed by atoms with Crippen molar-refractivity contribution in [3.63, 3.8) is 0 Å². The maximum Gasteiger partial charge on any atom is 0.240 e. The number of hydrogen-bond acceptors (Lipinski definition) is 3. The van der Waals surface area contributed by atoms with E-state index >= 15 is 0 Å². The third-order valence-electron chi connectivity index (χ3n) is 2.54. The lowest BCUT2D eigenvalue weighted by molar-refractivity contribution is 0.577. The van der Waals surface area contributed by atoms with Gasteiger partial charge < -0.3 is 5.73 Å². The molecule has 0 heterocycles. The molecule has 0 aliphatic carbocycles. The smallest absolute Gasteiger partial charge is 0.240 e. The van der Waals surface area contributed by atoms with Crippen molar-refractivity contribution < 1.29 is 8.42 Å². The number of rotatable bonds is 8. The number of unbranched alkanes of at least 4 members (excludes halogenated alkanes) is 1. The van der Waals surface area contributed by atoms with Gasteiger partial charge in [0.15, 0.2) is 0 Å². The number of alkyl halides is 1. The van der Waals surface area contributed by atoms with Gasteiger partial charge in [-0.05, 0) is 43.5 Å². The van der Waals surface area contributed by atoms with Gasteiger partial charge in [-0.25, -0.2) is 13.1 Å². The molecule has 1 aromatic rings. The van der Waals surface area contributed by atoms with Gasteiger partial charge in [-0.2, -0.15) is 0 Å². The average Bonchev–Trinajstić information content (AvgIpc) is 2.36. The summed E-state index contributed by atoms with van der Waals surface area (Å²) in [4.78, 5) is 0.286. The normalized spacial score (nSPS) is 11.7. The van der Waals surface area contributed by atoms with E-state index in [0.29, 0.717) is 19.0 Å². The molecule has 0 radical (unpaired) electrons. The van der Waals surface area contributed by atoms with Gasteiger partial charge in [0.05, 0.1) is 4.90 Å². The molecule has 4 nitrogen and oxygen atoms in total. The van der Waals surface area contributed by atoms with Crippen LogP contribution in [0.1, 0.15) is 18.4 Å². The van der Waals surface area contributed by atoms with Crippen molar-refractivity contribution in [3.05, 3.63) is 29.8 Å². The molecule has 0 spiro atoms. The second-order valence-corrected chi connectivity index (χ2v) is 6.12. The van der Waals surface area contributed by atoms with E-state index in [9.17, 15) is 8.42 Å². The molecule has 0 aromatic heterocycles. The van der Waals surface area contributed by atoms with Gasteiger partial charge in [0, 0.05) is 12.4 Å². The first-order valence-corrected chi connectivity index (χ1v) is 7.96. The zero-order valence-electron chi connectivity index (χ0n) is 10.2. The molecule has 102 valence electrons. The summed E-state index contributed by atoms with van der Waals surface area (Å²) >= 11 is 5.62. The Morgan fingerprint density at radius 3 is 2.39 bits per heavy atom. The van der Waals surface area contributed by atoms with E-state index in [4.69, 9.17) is 17.3 Å². The summed E-state index contributed by atoms with van der Waals surface area (Å²) in [6, 6.07) is 6.79. The summed E-state index contributed by atoms with van der Waals surface area (Å²) in [5.74, 6) is 0.531. The molecule has 0 unspecified atom stereocenters. The zero-order chi connectivity index (χ0) is 13.4. The SMILES string of the molecule is NCCCCNS(=O)(=O)c1ccc(CCCl)cc1. The number of aryl methyl sites for hydroxylation is 1. The Kier molecular flexibility index (Phi) is 6.63. The van der Waals surface area contributed by atoms with E-state index in [1.807, 2.05) is 0 Å². The van der Waals surface area contributed by atoms with Gasteiger partial charge in [-0.1, -0.05) is 12.1 Å². The summed E-state index contributed by atoms with van der Waals surface area (Å²) in [6.07, 6.45) is 2.31. The lowest BCUT2D eigenvalue weighted by Crippen LogP contribution is -2.25. The minimum absolute atomic E-state index is 0.286. The summed E-state index contributed by atoms with van der Waals surface area (Å²) in [6.45, 7) is 0.998. The molecule has 3 N–H and O–H groups in total. The number of nitrogens with two attached hydrogens (primary N) is 1.